The van der Waals surface area contributed by atoms with E-state index in [-0.39, 0.29) is 54.3 Å². The minimum atomic E-state index is -0.0679. The van der Waals surface area contributed by atoms with E-state index < -0.39 is 0 Å². The number of nitriles is 1. The smallest absolute Gasteiger partial charge is 0.162 e. The molecule has 0 spiro atoms. The van der Waals surface area contributed by atoms with Crippen LogP contribution in [-0.4, -0.2) is 20.9 Å². The molecule has 0 atom stereocenters. The first kappa shape index (κ1) is 42.0. The summed E-state index contributed by atoms with van der Waals surface area (Å²) in [5, 5.41) is 22.5. The molecule has 5 aromatic rings. The van der Waals surface area contributed by atoms with E-state index in [1.807, 2.05) is 45.9 Å². The molecule has 51 heavy (non-hydrogen) atoms. The molecule has 5 rings (SSSR count). The summed E-state index contributed by atoms with van der Waals surface area (Å²) in [6.07, 6.45) is 7.61. The minimum absolute atomic E-state index is 0. The zero-order chi connectivity index (χ0) is 37.0. The van der Waals surface area contributed by atoms with Gasteiger partial charge in [0.1, 0.15) is 6.33 Å². The molecule has 273 valence electrons. The maximum atomic E-state index is 11.7. The van der Waals surface area contributed by atoms with Gasteiger partial charge in [0, 0.05) is 64.1 Å². The number of hydrogen-bond acceptors (Lipinski definition) is 6. The first-order valence-electron chi connectivity index (χ1n) is 18.1. The molecule has 0 unspecified atom stereocenters. The summed E-state index contributed by atoms with van der Waals surface area (Å²) in [5.41, 5.74) is 7.57. The van der Waals surface area contributed by atoms with Gasteiger partial charge in [-0.1, -0.05) is 92.3 Å². The Hall–Kier alpha value is -3.43. The Balaban J connectivity index is 0.000000374. The third-order valence-electron chi connectivity index (χ3n) is 9.57. The molecule has 0 saturated heterocycles. The van der Waals surface area contributed by atoms with Crippen molar-refractivity contribution in [2.75, 3.05) is 0 Å². The summed E-state index contributed by atoms with van der Waals surface area (Å²) < 4.78 is 2.33. The van der Waals surface area contributed by atoms with Crippen molar-refractivity contribution in [2.24, 2.45) is 17.3 Å². The number of allylic oxidation sites excluding steroid dienone is 2. The van der Waals surface area contributed by atoms with Gasteiger partial charge in [0.2, 0.25) is 0 Å². The number of benzene rings is 3. The maximum Gasteiger partial charge on any atom is 0.162 e. The fourth-order valence-corrected chi connectivity index (χ4v) is 7.81. The van der Waals surface area contributed by atoms with Gasteiger partial charge in [0.15, 0.2) is 5.78 Å². The number of ketones is 1. The Labute approximate surface area is 323 Å². The normalized spacial score (nSPS) is 12.3. The van der Waals surface area contributed by atoms with Crippen molar-refractivity contribution in [1.82, 2.24) is 9.97 Å². The first-order chi connectivity index (χ1) is 23.5. The Morgan fingerprint density at radius 1 is 0.941 bits per heavy atom. The zero-order valence-corrected chi connectivity index (χ0v) is 35.5. The predicted molar refractivity (Wildman–Crippen MR) is 212 cm³/mol. The van der Waals surface area contributed by atoms with Crippen molar-refractivity contribution in [1.29, 1.82) is 5.26 Å². The summed E-state index contributed by atoms with van der Waals surface area (Å²) in [5.74, 6) is 0.547. The summed E-state index contributed by atoms with van der Waals surface area (Å²) in [4.78, 5) is 21.2. The second-order valence-electron chi connectivity index (χ2n) is 15.7. The van der Waals surface area contributed by atoms with Crippen LogP contribution in [0.3, 0.4) is 0 Å². The van der Waals surface area contributed by atoms with Crippen molar-refractivity contribution >= 4 is 48.2 Å². The summed E-state index contributed by atoms with van der Waals surface area (Å²) in [7, 11) is 0. The van der Waals surface area contributed by atoms with E-state index in [9.17, 15) is 15.2 Å². The molecule has 0 fully saturated rings. The van der Waals surface area contributed by atoms with E-state index in [1.165, 1.54) is 32.9 Å². The molecule has 2 heterocycles. The van der Waals surface area contributed by atoms with Crippen LogP contribution in [-0.2, 0) is 36.7 Å². The Morgan fingerprint density at radius 3 is 2.16 bits per heavy atom. The number of carbonyl (C=O) groups is 1. The van der Waals surface area contributed by atoms with Gasteiger partial charge >= 0.3 is 0 Å². The van der Waals surface area contributed by atoms with Gasteiger partial charge in [0.05, 0.1) is 17.3 Å². The third-order valence-corrected chi connectivity index (χ3v) is 10.7. The number of rotatable bonds is 9. The predicted octanol–water partition coefficient (Wildman–Crippen LogP) is 12.4. The third kappa shape index (κ3) is 9.92. The molecule has 2 aromatic heterocycles. The van der Waals surface area contributed by atoms with Gasteiger partial charge < -0.3 is 5.11 Å². The molecule has 0 aliphatic heterocycles. The molecule has 0 aliphatic carbocycles. The van der Waals surface area contributed by atoms with Crippen molar-refractivity contribution < 1.29 is 30.0 Å². The molecule has 7 heteroatoms. The van der Waals surface area contributed by atoms with Gasteiger partial charge in [-0.3, -0.25) is 9.78 Å². The summed E-state index contributed by atoms with van der Waals surface area (Å²) in [6.45, 7) is 23.8. The van der Waals surface area contributed by atoms with Crippen LogP contribution in [0.15, 0.2) is 54.6 Å². The Morgan fingerprint density at radius 2 is 1.59 bits per heavy atom. The Kier molecular flexibility index (Phi) is 14.3. The number of thiophene rings is 1. The van der Waals surface area contributed by atoms with Crippen LogP contribution in [0.25, 0.3) is 42.3 Å². The van der Waals surface area contributed by atoms with Crippen molar-refractivity contribution in [3.05, 3.63) is 82.9 Å². The fourth-order valence-electron chi connectivity index (χ4n) is 6.61. The molecular formula is C44H54IrN3O2S-. The largest absolute Gasteiger partial charge is 0.512 e. The van der Waals surface area contributed by atoms with E-state index >= 15 is 0 Å². The SMILES string of the molecule is CCC(CC)C(=O)/C=C(\O)C(CC)CC.Cc1cc2c(cc1CC(C)(C)C)sc1c(-c3[c-]c4cc(C#N)ccc4c(C(C)(C)C)c3)ncnc12.[Ir]. The summed E-state index contributed by atoms with van der Waals surface area (Å²) in [6, 6.07) is 18.6. The van der Waals surface area contributed by atoms with Crippen molar-refractivity contribution in [3.63, 3.8) is 0 Å². The first-order valence-corrected chi connectivity index (χ1v) is 18.9. The molecule has 0 aliphatic rings. The minimum Gasteiger partial charge on any atom is -0.512 e. The quantitative estimate of drug-likeness (QED) is 0.0905. The number of nitrogens with zero attached hydrogens (tertiary/aromatic N) is 3. The van der Waals surface area contributed by atoms with Crippen LogP contribution in [0.1, 0.15) is 117 Å². The van der Waals surface area contributed by atoms with Crippen LogP contribution in [0.2, 0.25) is 0 Å². The topological polar surface area (TPSA) is 86.9 Å². The number of aromatic nitrogens is 2. The molecule has 0 saturated carbocycles. The van der Waals surface area contributed by atoms with Crippen molar-refractivity contribution in [3.8, 4) is 17.3 Å². The molecule has 1 radical (unpaired) electrons. The second-order valence-corrected chi connectivity index (χ2v) is 16.8. The molecule has 1 N–H and O–H groups in total. The Bertz CT molecular complexity index is 2070. The van der Waals surface area contributed by atoms with Gasteiger partial charge in [-0.2, -0.15) is 5.26 Å². The number of fused-ring (bicyclic) bond motifs is 4. The van der Waals surface area contributed by atoms with E-state index in [2.05, 4.69) is 78.8 Å². The van der Waals surface area contributed by atoms with Crippen LogP contribution in [0.5, 0.6) is 0 Å². The van der Waals surface area contributed by atoms with Crippen LogP contribution in [0.4, 0.5) is 0 Å². The van der Waals surface area contributed by atoms with E-state index in [0.717, 1.165) is 64.4 Å². The van der Waals surface area contributed by atoms with Crippen LogP contribution >= 0.6 is 11.3 Å². The number of aliphatic hydroxyl groups excluding tert-OH is 1. The van der Waals surface area contributed by atoms with Crippen LogP contribution in [0, 0.1) is 41.6 Å². The van der Waals surface area contributed by atoms with Gasteiger partial charge in [-0.15, -0.1) is 40.5 Å². The molecular weight excluding hydrogens is 827 g/mol. The number of aliphatic hydroxyl groups is 1. The standard InChI is InChI=1S/C31H30N3S.C13H24O2.Ir/c1-18-10-24-26(14-22(18)15-30(2,3)4)35-29-27(33-17-34-28(24)29)21-12-20-11-19(16-32)8-9-23(20)25(13-21)31(5,6)7;1-5-10(6-2)12(14)9-13(15)11(7-3)8-4;/h8-11,13-14,17H,15H2,1-7H3;9-11,14H,5-8H2,1-4H3;/q-1;;/b;12-9-;. The number of carbonyl (C=O) groups excluding carboxylic acids is 1. The fraction of sp³-hybridized carbons (Fsp3) is 0.455. The van der Waals surface area contributed by atoms with E-state index in [4.69, 9.17) is 9.97 Å². The zero-order valence-electron chi connectivity index (χ0n) is 32.2. The van der Waals surface area contributed by atoms with Gasteiger partial charge in [0.25, 0.3) is 0 Å². The molecule has 0 amide bonds. The summed E-state index contributed by atoms with van der Waals surface area (Å²) >= 11 is 1.76. The molecule has 0 bridgehead atoms. The number of aryl methyl sites for hydroxylation is 1. The monoisotopic (exact) mass is 881 g/mol. The van der Waals surface area contributed by atoms with Gasteiger partial charge in [-0.25, -0.2) is 4.98 Å². The van der Waals surface area contributed by atoms with Crippen LogP contribution < -0.4 is 0 Å². The van der Waals surface area contributed by atoms with E-state index in [0.29, 0.717) is 5.56 Å². The van der Waals surface area contributed by atoms with Crippen molar-refractivity contribution in [2.45, 2.75) is 114 Å². The second kappa shape index (κ2) is 17.4. The van der Waals surface area contributed by atoms with E-state index in [1.54, 1.807) is 17.7 Å². The average Bonchev–Trinajstić information content (AvgIpc) is 3.41. The number of hydrogen-bond donors (Lipinski definition) is 1. The molecule has 5 nitrogen and oxygen atoms in total. The molecule has 3 aromatic carbocycles. The average molecular weight is 881 g/mol. The maximum absolute atomic E-state index is 11.7. The van der Waals surface area contributed by atoms with Gasteiger partial charge in [-0.05, 0) is 73.1 Å².